The van der Waals surface area contributed by atoms with Crippen LogP contribution in [0.4, 0.5) is 13.2 Å². The number of ether oxygens (including phenoxy) is 1. The molecule has 4 nitrogen and oxygen atoms in total. The van der Waals surface area contributed by atoms with Crippen molar-refractivity contribution in [1.82, 2.24) is 0 Å². The second-order valence-electron chi connectivity index (χ2n) is 4.54. The Morgan fingerprint density at radius 2 is 1.95 bits per heavy atom. The monoisotopic (exact) mass is 274 g/mol. The Bertz CT molecular complexity index is 496. The highest BCUT2D eigenvalue weighted by atomic mass is 19.4. The van der Waals surface area contributed by atoms with Gasteiger partial charge in [0.15, 0.2) is 0 Å². The first-order chi connectivity index (χ1) is 8.77. The van der Waals surface area contributed by atoms with E-state index in [0.717, 1.165) is 12.1 Å². The molecule has 19 heavy (non-hydrogen) atoms. The van der Waals surface area contributed by atoms with Crippen molar-refractivity contribution in [2.75, 3.05) is 0 Å². The fourth-order valence-electron chi connectivity index (χ4n) is 1.88. The summed E-state index contributed by atoms with van der Waals surface area (Å²) in [4.78, 5) is 11.2. The molecule has 0 heterocycles. The van der Waals surface area contributed by atoms with Gasteiger partial charge >= 0.3 is 6.18 Å². The van der Waals surface area contributed by atoms with Crippen LogP contribution >= 0.6 is 0 Å². The zero-order valence-corrected chi connectivity index (χ0v) is 9.91. The van der Waals surface area contributed by atoms with E-state index in [2.05, 4.69) is 0 Å². The molecular weight excluding hydrogens is 261 g/mol. The predicted octanol–water partition coefficient (Wildman–Crippen LogP) is 1.67. The van der Waals surface area contributed by atoms with E-state index < -0.39 is 17.6 Å². The summed E-state index contributed by atoms with van der Waals surface area (Å²) in [6.07, 6.45) is -3.48. The molecule has 7 heteroatoms. The van der Waals surface area contributed by atoms with E-state index in [1.54, 1.807) is 0 Å². The van der Waals surface area contributed by atoms with Crippen molar-refractivity contribution in [2.24, 2.45) is 11.5 Å². The molecule has 1 aliphatic rings. The average Bonchev–Trinajstić information content (AvgIpc) is 2.25. The van der Waals surface area contributed by atoms with Gasteiger partial charge in [0.1, 0.15) is 11.9 Å². The molecule has 0 spiro atoms. The maximum atomic E-state index is 12.5. The SMILES string of the molecule is NC(=O)c1cc(C(F)(F)F)ccc1OC1CC(N)C1. The number of carbonyl (C=O) groups is 1. The van der Waals surface area contributed by atoms with E-state index in [9.17, 15) is 18.0 Å². The van der Waals surface area contributed by atoms with Crippen molar-refractivity contribution in [2.45, 2.75) is 31.2 Å². The van der Waals surface area contributed by atoms with Gasteiger partial charge in [0, 0.05) is 6.04 Å². The number of alkyl halides is 3. The van der Waals surface area contributed by atoms with Crippen LogP contribution in [0, 0.1) is 0 Å². The van der Waals surface area contributed by atoms with Crippen molar-refractivity contribution in [3.63, 3.8) is 0 Å². The van der Waals surface area contributed by atoms with Crippen LogP contribution in [0.15, 0.2) is 18.2 Å². The maximum Gasteiger partial charge on any atom is 0.416 e. The number of primary amides is 1. The number of carbonyl (C=O) groups excluding carboxylic acids is 1. The Kier molecular flexibility index (Phi) is 3.40. The highest BCUT2D eigenvalue weighted by Gasteiger charge is 2.33. The standard InChI is InChI=1S/C12H13F3N2O2/c13-12(14,15)6-1-2-10(9(3-6)11(17)18)19-8-4-7(16)5-8/h1-3,7-8H,4-5,16H2,(H2,17,18). The van der Waals surface area contributed by atoms with E-state index in [1.165, 1.54) is 0 Å². The Morgan fingerprint density at radius 1 is 1.32 bits per heavy atom. The minimum absolute atomic E-state index is 0.0384. The molecule has 1 aliphatic carbocycles. The van der Waals surface area contributed by atoms with Gasteiger partial charge in [-0.3, -0.25) is 4.79 Å². The van der Waals surface area contributed by atoms with Crippen molar-refractivity contribution in [3.8, 4) is 5.75 Å². The van der Waals surface area contributed by atoms with Gasteiger partial charge in [0.05, 0.1) is 11.1 Å². The summed E-state index contributed by atoms with van der Waals surface area (Å²) in [5, 5.41) is 0. The molecule has 4 N–H and O–H groups in total. The third kappa shape index (κ3) is 2.98. The first-order valence-corrected chi connectivity index (χ1v) is 5.70. The highest BCUT2D eigenvalue weighted by Crippen LogP contribution is 2.34. The van der Waals surface area contributed by atoms with Gasteiger partial charge in [0.25, 0.3) is 5.91 Å². The quantitative estimate of drug-likeness (QED) is 0.880. The summed E-state index contributed by atoms with van der Waals surface area (Å²) >= 11 is 0. The van der Waals surface area contributed by atoms with Crippen molar-refractivity contribution >= 4 is 5.91 Å². The smallest absolute Gasteiger partial charge is 0.416 e. The molecule has 1 aromatic rings. The molecule has 0 atom stereocenters. The molecule has 1 fully saturated rings. The molecule has 1 aromatic carbocycles. The molecule has 0 aliphatic heterocycles. The van der Waals surface area contributed by atoms with Gasteiger partial charge in [-0.15, -0.1) is 0 Å². The number of nitrogens with two attached hydrogens (primary N) is 2. The lowest BCUT2D eigenvalue weighted by atomic mass is 9.90. The van der Waals surface area contributed by atoms with E-state index in [1.807, 2.05) is 0 Å². The van der Waals surface area contributed by atoms with Crippen LogP contribution in [0.2, 0.25) is 0 Å². The first-order valence-electron chi connectivity index (χ1n) is 5.70. The fourth-order valence-corrected chi connectivity index (χ4v) is 1.88. The molecule has 0 saturated heterocycles. The lowest BCUT2D eigenvalue weighted by molar-refractivity contribution is -0.137. The lowest BCUT2D eigenvalue weighted by Crippen LogP contribution is -2.43. The zero-order valence-electron chi connectivity index (χ0n) is 9.91. The van der Waals surface area contributed by atoms with Crippen LogP contribution in [0.1, 0.15) is 28.8 Å². The molecule has 1 amide bonds. The van der Waals surface area contributed by atoms with Crippen LogP contribution in [0.3, 0.4) is 0 Å². The number of rotatable bonds is 3. The zero-order chi connectivity index (χ0) is 14.2. The summed E-state index contributed by atoms with van der Waals surface area (Å²) in [6, 6.07) is 2.72. The van der Waals surface area contributed by atoms with E-state index in [4.69, 9.17) is 16.2 Å². The number of halogens is 3. The van der Waals surface area contributed by atoms with Crippen LogP contribution in [0.5, 0.6) is 5.75 Å². The molecule has 2 rings (SSSR count). The topological polar surface area (TPSA) is 78.3 Å². The molecule has 0 bridgehead atoms. The third-order valence-electron chi connectivity index (χ3n) is 3.00. The Hall–Kier alpha value is -1.76. The van der Waals surface area contributed by atoms with Gasteiger partial charge in [-0.2, -0.15) is 13.2 Å². The molecule has 0 unspecified atom stereocenters. The van der Waals surface area contributed by atoms with E-state index >= 15 is 0 Å². The van der Waals surface area contributed by atoms with Gasteiger partial charge < -0.3 is 16.2 Å². The Balaban J connectivity index is 2.25. The maximum absolute atomic E-state index is 12.5. The van der Waals surface area contributed by atoms with Crippen molar-refractivity contribution in [1.29, 1.82) is 0 Å². The van der Waals surface area contributed by atoms with Crippen LogP contribution < -0.4 is 16.2 Å². The highest BCUT2D eigenvalue weighted by molar-refractivity contribution is 5.95. The lowest BCUT2D eigenvalue weighted by Gasteiger charge is -2.33. The van der Waals surface area contributed by atoms with Crippen LogP contribution in [-0.2, 0) is 6.18 Å². The molecular formula is C12H13F3N2O2. The molecule has 104 valence electrons. The minimum Gasteiger partial charge on any atom is -0.489 e. The summed E-state index contributed by atoms with van der Waals surface area (Å²) in [5.41, 5.74) is 9.46. The third-order valence-corrected chi connectivity index (χ3v) is 3.00. The van der Waals surface area contributed by atoms with Gasteiger partial charge in [-0.1, -0.05) is 0 Å². The minimum atomic E-state index is -4.53. The van der Waals surface area contributed by atoms with Crippen molar-refractivity contribution < 1.29 is 22.7 Å². The number of hydrogen-bond acceptors (Lipinski definition) is 3. The molecule has 0 radical (unpaired) electrons. The number of benzene rings is 1. The average molecular weight is 274 g/mol. The molecule has 1 saturated carbocycles. The predicted molar refractivity (Wildman–Crippen MR) is 61.6 cm³/mol. The Morgan fingerprint density at radius 3 is 2.42 bits per heavy atom. The number of amides is 1. The van der Waals surface area contributed by atoms with Gasteiger partial charge in [-0.05, 0) is 31.0 Å². The number of hydrogen-bond donors (Lipinski definition) is 2. The van der Waals surface area contributed by atoms with Crippen molar-refractivity contribution in [3.05, 3.63) is 29.3 Å². The van der Waals surface area contributed by atoms with Gasteiger partial charge in [-0.25, -0.2) is 0 Å². The fraction of sp³-hybridized carbons (Fsp3) is 0.417. The second-order valence-corrected chi connectivity index (χ2v) is 4.54. The summed E-state index contributed by atoms with van der Waals surface area (Å²) in [7, 11) is 0. The second kappa shape index (κ2) is 4.73. The summed E-state index contributed by atoms with van der Waals surface area (Å²) in [5.74, 6) is -0.887. The largest absolute Gasteiger partial charge is 0.489 e. The van der Waals surface area contributed by atoms with Gasteiger partial charge in [0.2, 0.25) is 0 Å². The van der Waals surface area contributed by atoms with Crippen LogP contribution in [0.25, 0.3) is 0 Å². The Labute approximate surface area is 107 Å². The van der Waals surface area contributed by atoms with E-state index in [-0.39, 0.29) is 23.5 Å². The van der Waals surface area contributed by atoms with E-state index in [0.29, 0.717) is 18.9 Å². The first kappa shape index (κ1) is 13.7. The molecule has 0 aromatic heterocycles. The summed E-state index contributed by atoms with van der Waals surface area (Å²) in [6.45, 7) is 0. The van der Waals surface area contributed by atoms with Crippen LogP contribution in [-0.4, -0.2) is 18.1 Å². The normalized spacial score (nSPS) is 22.7. The summed E-state index contributed by atoms with van der Waals surface area (Å²) < 4.78 is 43.1.